The van der Waals surface area contributed by atoms with Crippen LogP contribution in [0.5, 0.6) is 0 Å². The Morgan fingerprint density at radius 1 is 1.47 bits per heavy atom. The van der Waals surface area contributed by atoms with E-state index in [2.05, 4.69) is 31.0 Å². The molecule has 1 saturated heterocycles. The van der Waals surface area contributed by atoms with Crippen LogP contribution in [0, 0.1) is 5.82 Å². The Labute approximate surface area is 119 Å². The monoisotopic (exact) mass is 282 g/mol. The summed E-state index contributed by atoms with van der Waals surface area (Å²) in [7, 11) is 0. The number of nitrogens with one attached hydrogen (secondary N) is 1. The van der Waals surface area contributed by atoms with Gasteiger partial charge in [-0.2, -0.15) is 11.8 Å². The molecule has 0 amide bonds. The zero-order valence-corrected chi connectivity index (χ0v) is 12.8. The molecule has 2 rings (SSSR count). The van der Waals surface area contributed by atoms with E-state index in [0.29, 0.717) is 11.3 Å². The molecule has 0 spiro atoms. The van der Waals surface area contributed by atoms with Crippen LogP contribution in [-0.4, -0.2) is 30.1 Å². The predicted molar refractivity (Wildman–Crippen MR) is 82.5 cm³/mol. The summed E-state index contributed by atoms with van der Waals surface area (Å²) < 4.78 is 14.2. The Morgan fingerprint density at radius 2 is 2.26 bits per heavy atom. The Kier molecular flexibility index (Phi) is 5.11. The molecule has 2 nitrogen and oxygen atoms in total. The van der Waals surface area contributed by atoms with E-state index in [1.807, 2.05) is 17.8 Å². The van der Waals surface area contributed by atoms with Crippen molar-refractivity contribution in [2.24, 2.45) is 0 Å². The molecule has 106 valence electrons. The van der Waals surface area contributed by atoms with Crippen LogP contribution in [0.1, 0.15) is 26.3 Å². The fraction of sp³-hybridized carbons (Fsp3) is 0.600. The molecule has 1 aromatic rings. The first-order valence-corrected chi connectivity index (χ1v) is 8.00. The van der Waals surface area contributed by atoms with Gasteiger partial charge < -0.3 is 10.2 Å². The lowest BCUT2D eigenvalue weighted by Gasteiger charge is -2.34. The van der Waals surface area contributed by atoms with Crippen LogP contribution in [-0.2, 0) is 6.54 Å². The third-order valence-corrected chi connectivity index (χ3v) is 4.46. The fourth-order valence-electron chi connectivity index (χ4n) is 2.39. The lowest BCUT2D eigenvalue weighted by atomic mass is 10.1. The average Bonchev–Trinajstić information content (AvgIpc) is 2.36. The van der Waals surface area contributed by atoms with E-state index in [9.17, 15) is 4.39 Å². The number of benzene rings is 1. The second-order valence-electron chi connectivity index (χ2n) is 5.41. The first-order chi connectivity index (χ1) is 9.08. The van der Waals surface area contributed by atoms with Gasteiger partial charge in [-0.3, -0.25) is 0 Å². The van der Waals surface area contributed by atoms with E-state index in [4.69, 9.17) is 0 Å². The highest BCUT2D eigenvalue weighted by Gasteiger charge is 2.21. The summed E-state index contributed by atoms with van der Waals surface area (Å²) in [4.78, 5) is 2.20. The van der Waals surface area contributed by atoms with Crippen LogP contribution in [0.2, 0.25) is 0 Å². The van der Waals surface area contributed by atoms with E-state index in [1.165, 1.54) is 0 Å². The average molecular weight is 282 g/mol. The van der Waals surface area contributed by atoms with Crippen molar-refractivity contribution in [3.05, 3.63) is 29.6 Å². The van der Waals surface area contributed by atoms with Gasteiger partial charge in [0.25, 0.3) is 0 Å². The summed E-state index contributed by atoms with van der Waals surface area (Å²) in [6.45, 7) is 9.02. The Balaban J connectivity index is 2.21. The number of rotatable bonds is 4. The number of thioether (sulfide) groups is 1. The molecule has 1 fully saturated rings. The van der Waals surface area contributed by atoms with E-state index in [0.717, 1.165) is 36.6 Å². The molecule has 1 aliphatic rings. The first kappa shape index (κ1) is 14.7. The van der Waals surface area contributed by atoms with Gasteiger partial charge >= 0.3 is 0 Å². The largest absolute Gasteiger partial charge is 0.367 e. The minimum absolute atomic E-state index is 0.0952. The molecular formula is C15H23FN2S. The minimum atomic E-state index is -0.0952. The molecule has 1 aromatic carbocycles. The van der Waals surface area contributed by atoms with Gasteiger partial charge in [0.1, 0.15) is 5.82 Å². The smallest absolute Gasteiger partial charge is 0.146 e. The molecular weight excluding hydrogens is 259 g/mol. The molecule has 19 heavy (non-hydrogen) atoms. The molecule has 0 saturated carbocycles. The standard InChI is InChI=1S/C15H23FN2S/c1-11(2)17-9-13-5-4-6-14(16)15(13)18-7-8-19-12(3)10-18/h4-6,11-12,17H,7-10H2,1-3H3. The summed E-state index contributed by atoms with van der Waals surface area (Å²) in [5.74, 6) is 0.981. The summed E-state index contributed by atoms with van der Waals surface area (Å²) in [6.07, 6.45) is 0. The van der Waals surface area contributed by atoms with Gasteiger partial charge in [0.15, 0.2) is 0 Å². The zero-order valence-electron chi connectivity index (χ0n) is 11.9. The number of anilines is 1. The highest BCUT2D eigenvalue weighted by molar-refractivity contribution is 8.00. The van der Waals surface area contributed by atoms with Crippen LogP contribution in [0.15, 0.2) is 18.2 Å². The first-order valence-electron chi connectivity index (χ1n) is 6.95. The fourth-order valence-corrected chi connectivity index (χ4v) is 3.41. The topological polar surface area (TPSA) is 15.3 Å². The Bertz CT molecular complexity index is 423. The van der Waals surface area contributed by atoms with Crippen molar-refractivity contribution in [2.75, 3.05) is 23.7 Å². The number of hydrogen-bond acceptors (Lipinski definition) is 3. The zero-order chi connectivity index (χ0) is 13.8. The van der Waals surface area contributed by atoms with Gasteiger partial charge in [-0.25, -0.2) is 4.39 Å². The van der Waals surface area contributed by atoms with E-state index < -0.39 is 0 Å². The molecule has 1 heterocycles. The van der Waals surface area contributed by atoms with Crippen LogP contribution >= 0.6 is 11.8 Å². The molecule has 1 unspecified atom stereocenters. The summed E-state index contributed by atoms with van der Waals surface area (Å²) in [5, 5.41) is 3.95. The number of nitrogens with zero attached hydrogens (tertiary/aromatic N) is 1. The SMILES string of the molecule is CC(C)NCc1cccc(F)c1N1CCSC(C)C1. The van der Waals surface area contributed by atoms with Crippen molar-refractivity contribution in [2.45, 2.75) is 38.6 Å². The van der Waals surface area contributed by atoms with Crippen molar-refractivity contribution < 1.29 is 4.39 Å². The number of hydrogen-bond donors (Lipinski definition) is 1. The third-order valence-electron chi connectivity index (χ3n) is 3.33. The van der Waals surface area contributed by atoms with Gasteiger partial charge in [-0.15, -0.1) is 0 Å². The molecule has 4 heteroatoms. The molecule has 0 aliphatic carbocycles. The number of halogens is 1. The maximum Gasteiger partial charge on any atom is 0.146 e. The van der Waals surface area contributed by atoms with Crippen LogP contribution in [0.3, 0.4) is 0 Å². The maximum atomic E-state index is 14.2. The van der Waals surface area contributed by atoms with Crippen LogP contribution < -0.4 is 10.2 Å². The molecule has 0 bridgehead atoms. The minimum Gasteiger partial charge on any atom is -0.367 e. The van der Waals surface area contributed by atoms with Gasteiger partial charge in [-0.1, -0.05) is 32.9 Å². The second kappa shape index (κ2) is 6.62. The molecule has 1 N–H and O–H groups in total. The maximum absolute atomic E-state index is 14.2. The Morgan fingerprint density at radius 3 is 2.95 bits per heavy atom. The van der Waals surface area contributed by atoms with Crippen molar-refractivity contribution >= 4 is 17.4 Å². The van der Waals surface area contributed by atoms with Crippen molar-refractivity contribution in [1.29, 1.82) is 0 Å². The second-order valence-corrected chi connectivity index (χ2v) is 6.96. The lowest BCUT2D eigenvalue weighted by molar-refractivity contribution is 0.577. The third kappa shape index (κ3) is 3.86. The quantitative estimate of drug-likeness (QED) is 0.912. The van der Waals surface area contributed by atoms with E-state index in [-0.39, 0.29) is 5.82 Å². The molecule has 0 aromatic heterocycles. The highest BCUT2D eigenvalue weighted by Crippen LogP contribution is 2.29. The van der Waals surface area contributed by atoms with Crippen LogP contribution in [0.4, 0.5) is 10.1 Å². The van der Waals surface area contributed by atoms with Gasteiger partial charge in [0.2, 0.25) is 0 Å². The van der Waals surface area contributed by atoms with E-state index >= 15 is 0 Å². The predicted octanol–water partition coefficient (Wildman–Crippen LogP) is 3.27. The van der Waals surface area contributed by atoms with Crippen molar-refractivity contribution in [3.8, 4) is 0 Å². The Hall–Kier alpha value is -0.740. The summed E-state index contributed by atoms with van der Waals surface area (Å²) in [5.41, 5.74) is 1.86. The molecule has 0 radical (unpaired) electrons. The highest BCUT2D eigenvalue weighted by atomic mass is 32.2. The van der Waals surface area contributed by atoms with Gasteiger partial charge in [0.05, 0.1) is 5.69 Å². The summed E-state index contributed by atoms with van der Waals surface area (Å²) in [6, 6.07) is 5.81. The van der Waals surface area contributed by atoms with Crippen LogP contribution in [0.25, 0.3) is 0 Å². The normalized spacial score (nSPS) is 20.1. The van der Waals surface area contributed by atoms with Gasteiger partial charge in [0, 0.05) is 36.7 Å². The van der Waals surface area contributed by atoms with Crippen molar-refractivity contribution in [1.82, 2.24) is 5.32 Å². The van der Waals surface area contributed by atoms with Gasteiger partial charge in [-0.05, 0) is 11.6 Å². The van der Waals surface area contributed by atoms with E-state index in [1.54, 1.807) is 12.1 Å². The lowest BCUT2D eigenvalue weighted by Crippen LogP contribution is -2.38. The summed E-state index contributed by atoms with van der Waals surface area (Å²) >= 11 is 1.97. The molecule has 1 atom stereocenters. The van der Waals surface area contributed by atoms with Crippen molar-refractivity contribution in [3.63, 3.8) is 0 Å². The number of para-hydroxylation sites is 1. The molecule has 1 aliphatic heterocycles.